The lowest BCUT2D eigenvalue weighted by Crippen LogP contribution is -2.20. The van der Waals surface area contributed by atoms with E-state index in [-0.39, 0.29) is 17.3 Å². The van der Waals surface area contributed by atoms with Gasteiger partial charge in [-0.1, -0.05) is 42.8 Å². The summed E-state index contributed by atoms with van der Waals surface area (Å²) < 4.78 is 7.78. The van der Waals surface area contributed by atoms with E-state index in [0.29, 0.717) is 12.1 Å². The Labute approximate surface area is 203 Å². The summed E-state index contributed by atoms with van der Waals surface area (Å²) in [5.41, 5.74) is 11.4. The lowest BCUT2D eigenvalue weighted by molar-refractivity contribution is 0.0949. The minimum atomic E-state index is -0.515. The molecule has 5 rings (SSSR count). The quantitative estimate of drug-likeness (QED) is 0.249. The normalized spacial score (nSPS) is 11.3. The van der Waals surface area contributed by atoms with Crippen molar-refractivity contribution in [2.75, 3.05) is 5.73 Å². The number of hydrogen-bond donors (Lipinski definition) is 2. The van der Waals surface area contributed by atoms with Crippen LogP contribution in [0.3, 0.4) is 0 Å². The number of hydrazone groups is 1. The van der Waals surface area contributed by atoms with Gasteiger partial charge in [0.15, 0.2) is 5.69 Å². The number of aromatic nitrogens is 7. The second-order valence-corrected chi connectivity index (χ2v) is 8.36. The predicted molar refractivity (Wildman–Crippen MR) is 130 cm³/mol. The molecule has 0 atom stereocenters. The first-order chi connectivity index (χ1) is 17.2. The summed E-state index contributed by atoms with van der Waals surface area (Å²) in [5.74, 6) is -0.287. The number of hydrogen-bond acceptors (Lipinski definition) is 10. The van der Waals surface area contributed by atoms with Gasteiger partial charge in [-0.2, -0.15) is 14.9 Å². The number of amides is 1. The van der Waals surface area contributed by atoms with Gasteiger partial charge in [0.1, 0.15) is 5.69 Å². The molecule has 3 N–H and O–H groups in total. The maximum Gasteiger partial charge on any atom is 0.293 e. The monoisotopic (exact) mass is 488 g/mol. The molecule has 176 valence electrons. The van der Waals surface area contributed by atoms with E-state index in [1.165, 1.54) is 4.68 Å². The van der Waals surface area contributed by atoms with Crippen LogP contribution in [0, 0.1) is 0 Å². The molecular formula is C22H20N10O2S. The molecule has 13 heteroatoms. The highest BCUT2D eigenvalue weighted by atomic mass is 32.1. The van der Waals surface area contributed by atoms with Gasteiger partial charge >= 0.3 is 0 Å². The Hall–Kier alpha value is -4.65. The van der Waals surface area contributed by atoms with Crippen LogP contribution >= 0.6 is 11.3 Å². The largest absolute Gasteiger partial charge is 0.378 e. The molecule has 0 spiro atoms. The number of nitrogen functional groups attached to an aromatic ring is 1. The Morgan fingerprint density at radius 2 is 2.09 bits per heavy atom. The average Bonchev–Trinajstić information content (AvgIpc) is 3.67. The van der Waals surface area contributed by atoms with Crippen molar-refractivity contribution >= 4 is 29.3 Å². The lowest BCUT2D eigenvalue weighted by Gasteiger charge is -2.03. The molecule has 0 unspecified atom stereocenters. The van der Waals surface area contributed by atoms with Crippen LogP contribution in [0.2, 0.25) is 0 Å². The van der Waals surface area contributed by atoms with Crippen molar-refractivity contribution < 1.29 is 9.42 Å². The van der Waals surface area contributed by atoms with Crippen LogP contribution in [0.4, 0.5) is 5.82 Å². The number of nitrogens with one attached hydrogen (secondary N) is 1. The number of anilines is 1. The van der Waals surface area contributed by atoms with Crippen LogP contribution < -0.4 is 11.2 Å². The van der Waals surface area contributed by atoms with Crippen LogP contribution in [0.5, 0.6) is 0 Å². The number of para-hydroxylation sites is 1. The number of benzene rings is 1. The number of carbonyl (C=O) groups is 1. The highest BCUT2D eigenvalue weighted by molar-refractivity contribution is 7.13. The Morgan fingerprint density at radius 3 is 2.80 bits per heavy atom. The molecule has 0 radical (unpaired) electrons. The summed E-state index contributed by atoms with van der Waals surface area (Å²) in [7, 11) is 0. The SMILES string of the molecule is CCCc1c(C(=O)N/N=C\c2cn(-c3ccccc3)nc2-c2cccs2)nnn1-c1nonc1N. The predicted octanol–water partition coefficient (Wildman–Crippen LogP) is 2.86. The van der Waals surface area contributed by atoms with Crippen molar-refractivity contribution in [3.05, 3.63) is 71.0 Å². The Balaban J connectivity index is 1.41. The minimum Gasteiger partial charge on any atom is -0.378 e. The second kappa shape index (κ2) is 9.69. The standard InChI is InChI=1S/C22H20N10O2S/c1-2-7-16-19(25-30-32(16)21-20(23)28-34-29-21)22(33)26-24-12-14-13-31(15-8-4-3-5-9-15)27-18(14)17-10-6-11-35-17/h3-6,8-13H,2,7H2,1H3,(H2,23,28)(H,26,33)/b24-12-. The van der Waals surface area contributed by atoms with E-state index >= 15 is 0 Å². The maximum atomic E-state index is 12.9. The summed E-state index contributed by atoms with van der Waals surface area (Å²) >= 11 is 1.57. The Bertz CT molecular complexity index is 1470. The Morgan fingerprint density at radius 1 is 1.23 bits per heavy atom. The third-order valence-electron chi connectivity index (χ3n) is 5.05. The molecular weight excluding hydrogens is 468 g/mol. The van der Waals surface area contributed by atoms with Crippen molar-refractivity contribution in [1.29, 1.82) is 0 Å². The molecule has 0 aliphatic heterocycles. The van der Waals surface area contributed by atoms with Crippen molar-refractivity contribution in [3.63, 3.8) is 0 Å². The van der Waals surface area contributed by atoms with E-state index in [2.05, 4.69) is 35.8 Å². The molecule has 0 fully saturated rings. The fourth-order valence-corrected chi connectivity index (χ4v) is 4.19. The van der Waals surface area contributed by atoms with Crippen molar-refractivity contribution in [2.24, 2.45) is 5.10 Å². The zero-order valence-corrected chi connectivity index (χ0v) is 19.4. The van der Waals surface area contributed by atoms with Gasteiger partial charge in [-0.25, -0.2) is 14.7 Å². The number of carbonyl (C=O) groups excluding carboxylic acids is 1. The van der Waals surface area contributed by atoms with E-state index in [4.69, 9.17) is 10.8 Å². The van der Waals surface area contributed by atoms with Gasteiger partial charge < -0.3 is 5.73 Å². The number of nitrogens with zero attached hydrogens (tertiary/aromatic N) is 8. The molecule has 5 aromatic rings. The summed E-state index contributed by atoms with van der Waals surface area (Å²) in [4.78, 5) is 13.9. The van der Waals surface area contributed by atoms with E-state index < -0.39 is 5.91 Å². The fraction of sp³-hybridized carbons (Fsp3) is 0.136. The highest BCUT2D eigenvalue weighted by Gasteiger charge is 2.23. The van der Waals surface area contributed by atoms with E-state index in [0.717, 1.165) is 28.2 Å². The average molecular weight is 489 g/mol. The summed E-state index contributed by atoms with van der Waals surface area (Å²) in [6.45, 7) is 1.97. The molecule has 0 aliphatic carbocycles. The molecule has 1 amide bonds. The molecule has 0 saturated heterocycles. The highest BCUT2D eigenvalue weighted by Crippen LogP contribution is 2.27. The molecule has 4 heterocycles. The van der Waals surface area contributed by atoms with Gasteiger partial charge in [-0.05, 0) is 40.3 Å². The number of nitrogens with two attached hydrogens (primary N) is 1. The van der Waals surface area contributed by atoms with Gasteiger partial charge in [0.05, 0.1) is 22.5 Å². The number of thiophene rings is 1. The van der Waals surface area contributed by atoms with Crippen molar-refractivity contribution in [1.82, 2.24) is 40.5 Å². The second-order valence-electron chi connectivity index (χ2n) is 7.41. The van der Waals surface area contributed by atoms with Crippen LogP contribution in [-0.2, 0) is 6.42 Å². The fourth-order valence-electron chi connectivity index (χ4n) is 3.46. The molecule has 0 aliphatic rings. The van der Waals surface area contributed by atoms with E-state index in [9.17, 15) is 4.79 Å². The van der Waals surface area contributed by atoms with Crippen LogP contribution in [0.15, 0.2) is 63.8 Å². The molecule has 0 bridgehead atoms. The van der Waals surface area contributed by atoms with Crippen molar-refractivity contribution in [3.8, 4) is 22.1 Å². The first-order valence-corrected chi connectivity index (χ1v) is 11.6. The van der Waals surface area contributed by atoms with Gasteiger partial charge in [0, 0.05) is 11.8 Å². The summed E-state index contributed by atoms with van der Waals surface area (Å²) in [6.07, 6.45) is 4.67. The molecule has 4 aromatic heterocycles. The molecule has 1 aromatic carbocycles. The third kappa shape index (κ3) is 4.44. The summed E-state index contributed by atoms with van der Waals surface area (Å²) in [6, 6.07) is 13.7. The van der Waals surface area contributed by atoms with E-state index in [1.807, 2.05) is 61.0 Å². The van der Waals surface area contributed by atoms with Gasteiger partial charge in [-0.3, -0.25) is 4.79 Å². The smallest absolute Gasteiger partial charge is 0.293 e. The first kappa shape index (κ1) is 22.2. The summed E-state index contributed by atoms with van der Waals surface area (Å²) in [5, 5.41) is 26.2. The van der Waals surface area contributed by atoms with E-state index in [1.54, 1.807) is 22.2 Å². The topological polar surface area (TPSA) is 155 Å². The van der Waals surface area contributed by atoms with Gasteiger partial charge in [0.2, 0.25) is 11.6 Å². The Kier molecular flexibility index (Phi) is 6.13. The lowest BCUT2D eigenvalue weighted by atomic mass is 10.2. The van der Waals surface area contributed by atoms with Gasteiger partial charge in [-0.15, -0.1) is 16.4 Å². The zero-order valence-electron chi connectivity index (χ0n) is 18.6. The maximum absolute atomic E-state index is 12.9. The molecule has 12 nitrogen and oxygen atoms in total. The van der Waals surface area contributed by atoms with Crippen LogP contribution in [0.1, 0.15) is 35.1 Å². The first-order valence-electron chi connectivity index (χ1n) is 10.7. The number of rotatable bonds is 8. The molecule has 0 saturated carbocycles. The minimum absolute atomic E-state index is 0.0498. The van der Waals surface area contributed by atoms with Crippen LogP contribution in [-0.4, -0.2) is 47.2 Å². The van der Waals surface area contributed by atoms with Crippen LogP contribution in [0.25, 0.3) is 22.1 Å². The zero-order chi connectivity index (χ0) is 24.2. The third-order valence-corrected chi connectivity index (χ3v) is 5.93. The van der Waals surface area contributed by atoms with Gasteiger partial charge in [0.25, 0.3) is 5.91 Å². The van der Waals surface area contributed by atoms with Crippen molar-refractivity contribution in [2.45, 2.75) is 19.8 Å². The molecule has 35 heavy (non-hydrogen) atoms.